The zero-order chi connectivity index (χ0) is 16.7. The van der Waals surface area contributed by atoms with Crippen LogP contribution >= 0.6 is 11.8 Å². The molecule has 0 aromatic heterocycles. The fraction of sp³-hybridized carbons (Fsp3) is 0.316. The molecular weight excluding hydrogens is 309 g/mol. The first-order valence-corrected chi connectivity index (χ1v) is 8.92. The monoisotopic (exact) mass is 331 g/mol. The second-order valence-corrected chi connectivity index (χ2v) is 6.54. The van der Waals surface area contributed by atoms with E-state index in [2.05, 4.69) is 43.4 Å². The lowest BCUT2D eigenvalue weighted by atomic mass is 10.0. The van der Waals surface area contributed by atoms with Gasteiger partial charge in [0.05, 0.1) is 11.8 Å². The summed E-state index contributed by atoms with van der Waals surface area (Å²) in [6.45, 7) is 4.12. The molecule has 4 heteroatoms. The first-order chi connectivity index (χ1) is 11.1. The average molecular weight is 331 g/mol. The first-order valence-electron chi connectivity index (χ1n) is 7.76. The van der Waals surface area contributed by atoms with Crippen LogP contribution in [-0.2, 0) is 10.5 Å². The highest BCUT2D eigenvalue weighted by atomic mass is 32.2. The molecule has 1 atom stereocenters. The summed E-state index contributed by atoms with van der Waals surface area (Å²) in [7, 11) is 0. The number of aryl methyl sites for hydroxylation is 1. The Kier molecular flexibility index (Phi) is 6.66. The van der Waals surface area contributed by atoms with Gasteiger partial charge in [0.25, 0.3) is 0 Å². The maximum Gasteiger partial charge on any atom is 0.230 e. The van der Waals surface area contributed by atoms with Crippen LogP contribution < -0.4 is 5.32 Å². The predicted molar refractivity (Wildman–Crippen MR) is 94.9 cm³/mol. The van der Waals surface area contributed by atoms with Gasteiger partial charge in [-0.2, -0.15) is 0 Å². The molecule has 0 bridgehead atoms. The summed E-state index contributed by atoms with van der Waals surface area (Å²) in [5.74, 6) is 0.902. The summed E-state index contributed by atoms with van der Waals surface area (Å²) in [6.07, 6.45) is 0.859. The Labute approximate surface area is 141 Å². The molecule has 1 N–H and O–H groups in total. The van der Waals surface area contributed by atoms with E-state index < -0.39 is 0 Å². The number of hydrogen-bond acceptors (Lipinski definition) is 2. The predicted octanol–water partition coefficient (Wildman–Crippen LogP) is 4.63. The first kappa shape index (κ1) is 17.5. The zero-order valence-corrected chi connectivity index (χ0v) is 14.3. The maximum atomic E-state index is 12.8. The van der Waals surface area contributed by atoms with Crippen molar-refractivity contribution in [3.05, 3.63) is 71.0 Å². The van der Waals surface area contributed by atoms with Crippen molar-refractivity contribution in [2.24, 2.45) is 0 Å². The van der Waals surface area contributed by atoms with Gasteiger partial charge in [0.2, 0.25) is 5.91 Å². The number of rotatable bonds is 7. The second kappa shape index (κ2) is 8.73. The maximum absolute atomic E-state index is 12.8. The smallest absolute Gasteiger partial charge is 0.230 e. The van der Waals surface area contributed by atoms with Crippen molar-refractivity contribution in [2.75, 3.05) is 5.75 Å². The summed E-state index contributed by atoms with van der Waals surface area (Å²) in [5.41, 5.74) is 3.37. The highest BCUT2D eigenvalue weighted by Crippen LogP contribution is 2.18. The van der Waals surface area contributed by atoms with Gasteiger partial charge in [0.15, 0.2) is 0 Å². The molecule has 2 aromatic carbocycles. The lowest BCUT2D eigenvalue weighted by Gasteiger charge is -2.17. The third-order valence-corrected chi connectivity index (χ3v) is 4.64. The highest BCUT2D eigenvalue weighted by Gasteiger charge is 2.12. The van der Waals surface area contributed by atoms with Crippen LogP contribution in [0.1, 0.15) is 36.1 Å². The number of nitrogens with one attached hydrogen (secondary N) is 1. The molecule has 0 radical (unpaired) electrons. The van der Waals surface area contributed by atoms with Crippen molar-refractivity contribution in [2.45, 2.75) is 32.1 Å². The Bertz CT molecular complexity index is 625. The molecule has 0 fully saturated rings. The lowest BCUT2D eigenvalue weighted by Crippen LogP contribution is -2.29. The van der Waals surface area contributed by atoms with Gasteiger partial charge >= 0.3 is 0 Å². The molecule has 2 rings (SSSR count). The van der Waals surface area contributed by atoms with Crippen LogP contribution in [0.3, 0.4) is 0 Å². The number of thioether (sulfide) groups is 1. The largest absolute Gasteiger partial charge is 0.349 e. The third kappa shape index (κ3) is 5.71. The van der Waals surface area contributed by atoms with Gasteiger partial charge in [0, 0.05) is 5.75 Å². The number of carbonyl (C=O) groups is 1. The Morgan fingerprint density at radius 2 is 1.78 bits per heavy atom. The number of carbonyl (C=O) groups excluding carboxylic acids is 1. The minimum Gasteiger partial charge on any atom is -0.349 e. The molecule has 23 heavy (non-hydrogen) atoms. The van der Waals surface area contributed by atoms with E-state index >= 15 is 0 Å². The summed E-state index contributed by atoms with van der Waals surface area (Å²) < 4.78 is 12.8. The molecule has 0 aliphatic rings. The standard InChI is InChI=1S/C19H22FNOS/c1-3-18(16-8-4-14(2)5-9-16)21-19(22)13-23-12-15-6-10-17(20)11-7-15/h4-11,18H,3,12-13H2,1-2H3,(H,21,22)/t18-/m0/s1. The molecular formula is C19H22FNOS. The molecule has 0 unspecified atom stereocenters. The van der Waals surface area contributed by atoms with E-state index in [1.54, 1.807) is 12.1 Å². The molecule has 2 aromatic rings. The minimum absolute atomic E-state index is 0.0320. The molecule has 0 saturated heterocycles. The molecule has 0 aliphatic heterocycles. The fourth-order valence-electron chi connectivity index (χ4n) is 2.30. The van der Waals surface area contributed by atoms with Crippen LogP contribution in [0.2, 0.25) is 0 Å². The van der Waals surface area contributed by atoms with E-state index in [0.717, 1.165) is 17.5 Å². The Morgan fingerprint density at radius 3 is 2.39 bits per heavy atom. The summed E-state index contributed by atoms with van der Waals surface area (Å²) >= 11 is 1.54. The van der Waals surface area contributed by atoms with E-state index in [-0.39, 0.29) is 17.8 Å². The molecule has 122 valence electrons. The summed E-state index contributed by atoms with van der Waals surface area (Å²) in [5, 5.41) is 3.08. The van der Waals surface area contributed by atoms with Crippen LogP contribution in [0.15, 0.2) is 48.5 Å². The summed E-state index contributed by atoms with van der Waals surface area (Å²) in [4.78, 5) is 12.1. The van der Waals surface area contributed by atoms with Gasteiger partial charge in [-0.05, 0) is 36.6 Å². The third-order valence-electron chi connectivity index (χ3n) is 3.64. The number of halogens is 1. The van der Waals surface area contributed by atoms with Crippen LogP contribution in [0.4, 0.5) is 4.39 Å². The fourth-order valence-corrected chi connectivity index (χ4v) is 3.10. The normalized spacial score (nSPS) is 12.0. The van der Waals surface area contributed by atoms with Crippen LogP contribution in [-0.4, -0.2) is 11.7 Å². The minimum atomic E-state index is -0.236. The molecule has 0 aliphatic carbocycles. The van der Waals surface area contributed by atoms with Gasteiger partial charge in [-0.1, -0.05) is 48.9 Å². The summed E-state index contributed by atoms with van der Waals surface area (Å²) in [6, 6.07) is 14.7. The Morgan fingerprint density at radius 1 is 1.13 bits per heavy atom. The number of benzene rings is 2. The molecule has 0 heterocycles. The van der Waals surface area contributed by atoms with Gasteiger partial charge in [-0.25, -0.2) is 4.39 Å². The Hall–Kier alpha value is -1.81. The Balaban J connectivity index is 1.80. The van der Waals surface area contributed by atoms with Crippen molar-refractivity contribution in [1.29, 1.82) is 0 Å². The van der Waals surface area contributed by atoms with Crippen LogP contribution in [0.25, 0.3) is 0 Å². The van der Waals surface area contributed by atoms with Crippen molar-refractivity contribution < 1.29 is 9.18 Å². The van der Waals surface area contributed by atoms with Gasteiger partial charge in [-0.15, -0.1) is 11.8 Å². The zero-order valence-electron chi connectivity index (χ0n) is 13.5. The molecule has 2 nitrogen and oxygen atoms in total. The SMILES string of the molecule is CC[C@H](NC(=O)CSCc1ccc(F)cc1)c1ccc(C)cc1. The van der Waals surface area contributed by atoms with Gasteiger partial charge in [-0.3, -0.25) is 4.79 Å². The van der Waals surface area contributed by atoms with E-state index in [4.69, 9.17) is 0 Å². The quantitative estimate of drug-likeness (QED) is 0.801. The topological polar surface area (TPSA) is 29.1 Å². The van der Waals surface area contributed by atoms with E-state index in [9.17, 15) is 9.18 Å². The van der Waals surface area contributed by atoms with Crippen molar-refractivity contribution in [3.63, 3.8) is 0 Å². The van der Waals surface area contributed by atoms with Crippen molar-refractivity contribution in [3.8, 4) is 0 Å². The van der Waals surface area contributed by atoms with E-state index in [0.29, 0.717) is 11.5 Å². The number of hydrogen-bond donors (Lipinski definition) is 1. The lowest BCUT2D eigenvalue weighted by molar-refractivity contribution is -0.119. The van der Waals surface area contributed by atoms with Crippen molar-refractivity contribution in [1.82, 2.24) is 5.32 Å². The van der Waals surface area contributed by atoms with Gasteiger partial charge < -0.3 is 5.32 Å². The number of amides is 1. The average Bonchev–Trinajstić information content (AvgIpc) is 2.55. The highest BCUT2D eigenvalue weighted by molar-refractivity contribution is 7.99. The molecule has 1 amide bonds. The van der Waals surface area contributed by atoms with E-state index in [1.165, 1.54) is 29.5 Å². The molecule has 0 saturated carbocycles. The van der Waals surface area contributed by atoms with E-state index in [1.807, 2.05) is 0 Å². The van der Waals surface area contributed by atoms with Crippen LogP contribution in [0, 0.1) is 12.7 Å². The van der Waals surface area contributed by atoms with Gasteiger partial charge in [0.1, 0.15) is 5.82 Å². The van der Waals surface area contributed by atoms with Crippen LogP contribution in [0.5, 0.6) is 0 Å². The van der Waals surface area contributed by atoms with Crippen molar-refractivity contribution >= 4 is 17.7 Å². The molecule has 0 spiro atoms. The second-order valence-electron chi connectivity index (χ2n) is 5.56.